The maximum Gasteiger partial charge on any atom is 0.288 e. The van der Waals surface area contributed by atoms with Crippen LogP contribution in [0.5, 0.6) is 0 Å². The average Bonchev–Trinajstić information content (AvgIpc) is 2.23. The molecule has 1 N–H and O–H groups in total. The van der Waals surface area contributed by atoms with Gasteiger partial charge in [0.25, 0.3) is 10.0 Å². The number of halogens is 2. The van der Waals surface area contributed by atoms with Crippen molar-refractivity contribution in [2.45, 2.75) is 4.90 Å². The number of sulfonamides is 1. The van der Waals surface area contributed by atoms with Crippen molar-refractivity contribution in [2.75, 3.05) is 11.1 Å². The van der Waals surface area contributed by atoms with Crippen molar-refractivity contribution in [3.63, 3.8) is 0 Å². The smallest absolute Gasteiger partial charge is 0.288 e. The first kappa shape index (κ1) is 13.5. The summed E-state index contributed by atoms with van der Waals surface area (Å²) in [5.74, 6) is 0.0883. The predicted octanol–water partition coefficient (Wildman–Crippen LogP) is 2.72. The molecule has 1 aliphatic rings. The summed E-state index contributed by atoms with van der Waals surface area (Å²) in [5, 5.41) is 11.7. The van der Waals surface area contributed by atoms with Crippen LogP contribution in [0.25, 0.3) is 0 Å². The highest BCUT2D eigenvalue weighted by Crippen LogP contribution is 2.37. The molecular weight excluding hydrogens is 317 g/mol. The summed E-state index contributed by atoms with van der Waals surface area (Å²) in [6.07, 6.45) is 0. The minimum atomic E-state index is -3.86. The predicted molar refractivity (Wildman–Crippen MR) is 72.8 cm³/mol. The number of fused-ring (bicyclic) bond motifs is 1. The summed E-state index contributed by atoms with van der Waals surface area (Å²) in [6, 6.07) is 4.67. The minimum Gasteiger partial charge on any atom is -0.333 e. The van der Waals surface area contributed by atoms with Gasteiger partial charge >= 0.3 is 0 Å². The summed E-state index contributed by atoms with van der Waals surface area (Å²) in [4.78, 5) is -0.102. The quantitative estimate of drug-likeness (QED) is 0.859. The van der Waals surface area contributed by atoms with E-state index in [9.17, 15) is 8.42 Å². The van der Waals surface area contributed by atoms with Gasteiger partial charge in [-0.2, -0.15) is 13.7 Å². The number of nitrogens with zero attached hydrogens (tertiary/aromatic N) is 2. The van der Waals surface area contributed by atoms with Crippen molar-refractivity contribution >= 4 is 55.8 Å². The number of benzene rings is 1. The Bertz CT molecular complexity index is 680. The second-order valence-corrected chi connectivity index (χ2v) is 6.56. The first-order valence-electron chi connectivity index (χ1n) is 4.55. The zero-order chi connectivity index (χ0) is 13.3. The van der Waals surface area contributed by atoms with Gasteiger partial charge in [0, 0.05) is 5.02 Å². The van der Waals surface area contributed by atoms with E-state index < -0.39 is 10.0 Å². The maximum atomic E-state index is 11.9. The molecule has 5 nitrogen and oxygen atoms in total. The van der Waals surface area contributed by atoms with Crippen molar-refractivity contribution in [3.8, 4) is 6.07 Å². The van der Waals surface area contributed by atoms with Gasteiger partial charge in [-0.1, -0.05) is 35.0 Å². The molecule has 0 saturated carbocycles. The van der Waals surface area contributed by atoms with E-state index in [4.69, 9.17) is 28.5 Å². The lowest BCUT2D eigenvalue weighted by Crippen LogP contribution is -2.19. The molecule has 0 fully saturated rings. The van der Waals surface area contributed by atoms with Crippen molar-refractivity contribution in [3.05, 3.63) is 22.2 Å². The van der Waals surface area contributed by atoms with Crippen LogP contribution in [0.2, 0.25) is 10.0 Å². The zero-order valence-electron chi connectivity index (χ0n) is 8.65. The van der Waals surface area contributed by atoms with Crippen LogP contribution in [0.4, 0.5) is 5.69 Å². The lowest BCUT2D eigenvalue weighted by molar-refractivity contribution is 0.598. The minimum absolute atomic E-state index is 0.0121. The number of thioether (sulfide) groups is 1. The van der Waals surface area contributed by atoms with Gasteiger partial charge in [-0.05, 0) is 12.1 Å². The van der Waals surface area contributed by atoms with Crippen LogP contribution in [-0.2, 0) is 10.0 Å². The number of nitrogens with one attached hydrogen (secondary N) is 1. The Balaban J connectivity index is 2.53. The lowest BCUT2D eigenvalue weighted by Gasteiger charge is -2.18. The highest BCUT2D eigenvalue weighted by molar-refractivity contribution is 8.15. The van der Waals surface area contributed by atoms with Gasteiger partial charge in [0.2, 0.25) is 0 Å². The number of hydrogen-bond acceptors (Lipinski definition) is 5. The molecule has 0 amide bonds. The van der Waals surface area contributed by atoms with Gasteiger partial charge < -0.3 is 5.32 Å². The molecule has 2 rings (SSSR count). The van der Waals surface area contributed by atoms with Gasteiger partial charge in [-0.25, -0.2) is 0 Å². The fourth-order valence-electron chi connectivity index (χ4n) is 1.37. The fraction of sp³-hybridized carbons (Fsp3) is 0.111. The van der Waals surface area contributed by atoms with Gasteiger partial charge in [0.1, 0.15) is 4.90 Å². The van der Waals surface area contributed by atoms with E-state index in [2.05, 4.69) is 9.71 Å². The fourth-order valence-corrected chi connectivity index (χ4v) is 4.09. The molecule has 94 valence electrons. The van der Waals surface area contributed by atoms with Crippen molar-refractivity contribution in [2.24, 2.45) is 4.40 Å². The Hall–Kier alpha value is -0.940. The van der Waals surface area contributed by atoms with E-state index in [0.717, 1.165) is 11.8 Å². The van der Waals surface area contributed by atoms with Gasteiger partial charge in [0.15, 0.2) is 5.17 Å². The van der Waals surface area contributed by atoms with Crippen molar-refractivity contribution in [1.29, 1.82) is 5.26 Å². The van der Waals surface area contributed by atoms with E-state index in [-0.39, 0.29) is 26.5 Å². The second kappa shape index (κ2) is 4.97. The molecule has 0 unspecified atom stereocenters. The monoisotopic (exact) mass is 321 g/mol. The summed E-state index contributed by atoms with van der Waals surface area (Å²) >= 11 is 12.6. The van der Waals surface area contributed by atoms with E-state index in [1.807, 2.05) is 6.07 Å². The van der Waals surface area contributed by atoms with E-state index >= 15 is 0 Å². The molecule has 1 aromatic carbocycles. The van der Waals surface area contributed by atoms with E-state index in [0.29, 0.717) is 5.02 Å². The Morgan fingerprint density at radius 1 is 1.44 bits per heavy atom. The highest BCUT2D eigenvalue weighted by Gasteiger charge is 2.28. The van der Waals surface area contributed by atoms with Crippen LogP contribution in [0, 0.1) is 11.3 Å². The van der Waals surface area contributed by atoms with Crippen LogP contribution in [0.3, 0.4) is 0 Å². The molecule has 0 aliphatic carbocycles. The third kappa shape index (κ3) is 2.57. The topological polar surface area (TPSA) is 82.3 Å². The van der Waals surface area contributed by atoms with Crippen LogP contribution < -0.4 is 5.32 Å². The van der Waals surface area contributed by atoms with E-state index in [1.165, 1.54) is 12.1 Å². The molecule has 0 atom stereocenters. The number of anilines is 1. The largest absolute Gasteiger partial charge is 0.333 e. The molecular formula is C9H5Cl2N3O2S2. The van der Waals surface area contributed by atoms with Crippen LogP contribution >= 0.6 is 35.0 Å². The summed E-state index contributed by atoms with van der Waals surface area (Å²) in [5.41, 5.74) is 0.267. The van der Waals surface area contributed by atoms with Gasteiger partial charge in [0.05, 0.1) is 22.5 Å². The molecule has 1 heterocycles. The molecule has 0 aromatic heterocycles. The molecule has 1 aliphatic heterocycles. The highest BCUT2D eigenvalue weighted by atomic mass is 35.5. The molecule has 0 saturated heterocycles. The zero-order valence-corrected chi connectivity index (χ0v) is 11.8. The number of amidine groups is 1. The lowest BCUT2D eigenvalue weighted by atomic mass is 10.3. The molecule has 0 radical (unpaired) electrons. The normalized spacial score (nSPS) is 16.2. The van der Waals surface area contributed by atoms with E-state index in [1.54, 1.807) is 0 Å². The maximum absolute atomic E-state index is 11.9. The van der Waals surface area contributed by atoms with Gasteiger partial charge in [-0.3, -0.25) is 0 Å². The Morgan fingerprint density at radius 3 is 2.83 bits per heavy atom. The molecule has 1 aromatic rings. The first-order valence-corrected chi connectivity index (χ1v) is 7.73. The Kier molecular flexibility index (Phi) is 3.73. The third-order valence-electron chi connectivity index (χ3n) is 1.98. The van der Waals surface area contributed by atoms with Crippen molar-refractivity contribution in [1.82, 2.24) is 0 Å². The SMILES string of the molecule is N#CCSC1=NS(=O)(=O)c2c(Cl)cc(Cl)cc2N1. The second-order valence-electron chi connectivity index (χ2n) is 3.21. The number of nitriles is 1. The van der Waals surface area contributed by atoms with Gasteiger partial charge in [-0.15, -0.1) is 4.40 Å². The Labute approximate surface area is 118 Å². The van der Waals surface area contributed by atoms with Crippen LogP contribution in [0.15, 0.2) is 21.4 Å². The Morgan fingerprint density at radius 2 is 2.17 bits per heavy atom. The summed E-state index contributed by atoms with van der Waals surface area (Å²) in [6.45, 7) is 0. The molecule has 18 heavy (non-hydrogen) atoms. The summed E-state index contributed by atoms with van der Waals surface area (Å²) in [7, 11) is -3.86. The first-order chi connectivity index (χ1) is 8.44. The van der Waals surface area contributed by atoms with Crippen LogP contribution in [-0.4, -0.2) is 19.3 Å². The van der Waals surface area contributed by atoms with Crippen LogP contribution in [0.1, 0.15) is 0 Å². The third-order valence-corrected chi connectivity index (χ3v) is 4.85. The molecule has 9 heteroatoms. The molecule has 0 spiro atoms. The average molecular weight is 322 g/mol. The summed E-state index contributed by atoms with van der Waals surface area (Å²) < 4.78 is 27.4. The number of hydrogen-bond donors (Lipinski definition) is 1. The molecule has 0 bridgehead atoms. The number of rotatable bonds is 1. The van der Waals surface area contributed by atoms with Crippen molar-refractivity contribution < 1.29 is 8.42 Å². The standard InChI is InChI=1S/C9H5Cl2N3O2S2/c10-5-3-6(11)8-7(4-5)13-9(17-2-1-12)14-18(8,15)16/h3-4H,2H2,(H,13,14).